The van der Waals surface area contributed by atoms with E-state index in [1.54, 1.807) is 24.3 Å². The van der Waals surface area contributed by atoms with Crippen molar-refractivity contribution in [3.8, 4) is 16.9 Å². The van der Waals surface area contributed by atoms with E-state index in [0.717, 1.165) is 59.3 Å². The van der Waals surface area contributed by atoms with Crippen LogP contribution in [0, 0.1) is 12.8 Å². The van der Waals surface area contributed by atoms with Crippen molar-refractivity contribution in [3.05, 3.63) is 87.3 Å². The van der Waals surface area contributed by atoms with Crippen LogP contribution in [0.4, 0.5) is 4.39 Å². The van der Waals surface area contributed by atoms with Crippen molar-refractivity contribution < 1.29 is 14.3 Å². The van der Waals surface area contributed by atoms with E-state index >= 15 is 0 Å². The lowest BCUT2D eigenvalue weighted by atomic mass is 9.95. The maximum Gasteiger partial charge on any atom is 0.203 e. The molecule has 2 heterocycles. The minimum atomic E-state index is -0.212. The minimum absolute atomic E-state index is 0.0640. The van der Waals surface area contributed by atoms with Crippen molar-refractivity contribution in [3.63, 3.8) is 0 Å². The second kappa shape index (κ2) is 10.1. The van der Waals surface area contributed by atoms with Gasteiger partial charge >= 0.3 is 0 Å². The number of hydrogen-bond donors (Lipinski definition) is 1. The fourth-order valence-corrected chi connectivity index (χ4v) is 6.18. The number of aryl methyl sites for hydroxylation is 2. The Kier molecular flexibility index (Phi) is 6.92. The second-order valence-electron chi connectivity index (χ2n) is 9.36. The van der Waals surface area contributed by atoms with Crippen LogP contribution < -0.4 is 0 Å². The predicted molar refractivity (Wildman–Crippen MR) is 143 cm³/mol. The van der Waals surface area contributed by atoms with Gasteiger partial charge in [-0.3, -0.25) is 9.18 Å². The molecule has 0 bridgehead atoms. The number of carbonyl (C=O) groups is 1. The third kappa shape index (κ3) is 4.99. The maximum absolute atomic E-state index is 13.7. The summed E-state index contributed by atoms with van der Waals surface area (Å²) in [5.41, 5.74) is 4.57. The van der Waals surface area contributed by atoms with Crippen LogP contribution in [-0.2, 0) is 6.42 Å². The highest BCUT2D eigenvalue weighted by Gasteiger charge is 2.26. The highest BCUT2D eigenvalue weighted by molar-refractivity contribution is 7.21. The molecule has 0 spiro atoms. The van der Waals surface area contributed by atoms with Gasteiger partial charge in [0, 0.05) is 45.2 Å². The normalized spacial score (nSPS) is 14.4. The van der Waals surface area contributed by atoms with Crippen molar-refractivity contribution >= 4 is 38.8 Å². The zero-order chi connectivity index (χ0) is 24.5. The molecule has 0 amide bonds. The molecule has 35 heavy (non-hydrogen) atoms. The number of alkyl halides is 1. The Bertz CT molecular complexity index is 1380. The molecule has 1 aliphatic rings. The van der Waals surface area contributed by atoms with Crippen molar-refractivity contribution in [2.45, 2.75) is 19.8 Å². The minimum Gasteiger partial charge on any atom is -0.508 e. The Morgan fingerprint density at radius 3 is 2.63 bits per heavy atom. The predicted octanol–water partition coefficient (Wildman–Crippen LogP) is 7.30. The smallest absolute Gasteiger partial charge is 0.203 e. The van der Waals surface area contributed by atoms with E-state index in [4.69, 9.17) is 11.6 Å². The number of hydrogen-bond acceptors (Lipinski definition) is 4. The lowest BCUT2D eigenvalue weighted by Crippen LogP contribution is -2.47. The van der Waals surface area contributed by atoms with E-state index < -0.39 is 0 Å². The summed E-state index contributed by atoms with van der Waals surface area (Å²) in [5.74, 6) is 0.341. The third-order valence-corrected chi connectivity index (χ3v) is 8.14. The number of rotatable bonds is 8. The average Bonchev–Trinajstić information content (AvgIpc) is 3.20. The fourth-order valence-electron chi connectivity index (χ4n) is 4.79. The van der Waals surface area contributed by atoms with E-state index in [-0.39, 0.29) is 24.1 Å². The van der Waals surface area contributed by atoms with Crippen molar-refractivity contribution in [2.24, 2.45) is 5.92 Å². The van der Waals surface area contributed by atoms with Gasteiger partial charge in [-0.2, -0.15) is 0 Å². The van der Waals surface area contributed by atoms with Gasteiger partial charge < -0.3 is 10.0 Å². The lowest BCUT2D eigenvalue weighted by Gasteiger charge is -2.37. The molecule has 0 atom stereocenters. The monoisotopic (exact) mass is 507 g/mol. The Morgan fingerprint density at radius 2 is 1.89 bits per heavy atom. The molecular formula is C29H27ClFNO2S. The summed E-state index contributed by atoms with van der Waals surface area (Å²) in [4.78, 5) is 16.6. The molecule has 1 aliphatic heterocycles. The van der Waals surface area contributed by atoms with E-state index in [1.165, 1.54) is 16.9 Å². The SMILES string of the molecule is Cc1ccc(Cl)cc1C(=O)c1sc2cc(O)ccc2c1-c1ccc(CCCN2CC(CF)C2)cc1. The molecule has 6 heteroatoms. The van der Waals surface area contributed by atoms with Gasteiger partial charge in [0.1, 0.15) is 5.75 Å². The summed E-state index contributed by atoms with van der Waals surface area (Å²) in [6, 6.07) is 19.0. The highest BCUT2D eigenvalue weighted by Crippen LogP contribution is 2.41. The summed E-state index contributed by atoms with van der Waals surface area (Å²) in [7, 11) is 0. The van der Waals surface area contributed by atoms with Crippen molar-refractivity contribution in [2.75, 3.05) is 26.3 Å². The van der Waals surface area contributed by atoms with Gasteiger partial charge in [-0.1, -0.05) is 41.9 Å². The first-order chi connectivity index (χ1) is 16.9. The molecule has 3 aromatic carbocycles. The topological polar surface area (TPSA) is 40.5 Å². The molecule has 1 aromatic heterocycles. The van der Waals surface area contributed by atoms with Crippen LogP contribution in [0.5, 0.6) is 5.75 Å². The molecule has 3 nitrogen and oxygen atoms in total. The van der Waals surface area contributed by atoms with Gasteiger partial charge in [-0.25, -0.2) is 0 Å². The number of ketones is 1. The number of carbonyl (C=O) groups excluding carboxylic acids is 1. The van der Waals surface area contributed by atoms with Crippen molar-refractivity contribution in [1.82, 2.24) is 4.90 Å². The molecular weight excluding hydrogens is 481 g/mol. The van der Waals surface area contributed by atoms with Crippen LogP contribution in [0.3, 0.4) is 0 Å². The summed E-state index contributed by atoms with van der Waals surface area (Å²) in [6.45, 7) is 4.44. The summed E-state index contributed by atoms with van der Waals surface area (Å²) >= 11 is 7.61. The molecule has 1 fully saturated rings. The standard InChI is InChI=1S/C29H27ClFNO2S/c1-18-4-9-22(30)13-25(18)28(34)29-27(24-11-10-23(33)14-26(24)35-29)21-7-5-19(6-8-21)3-2-12-32-16-20(15-31)17-32/h4-11,13-14,20,33H,2-3,12,15-17H2,1H3. The summed E-state index contributed by atoms with van der Waals surface area (Å²) < 4.78 is 13.5. The molecule has 0 unspecified atom stereocenters. The van der Waals surface area contributed by atoms with Crippen molar-refractivity contribution in [1.29, 1.82) is 0 Å². The third-order valence-electron chi connectivity index (χ3n) is 6.76. The van der Waals surface area contributed by atoms with Gasteiger partial charge in [-0.05, 0) is 73.3 Å². The zero-order valence-electron chi connectivity index (χ0n) is 19.6. The number of nitrogens with zero attached hydrogens (tertiary/aromatic N) is 1. The first kappa shape index (κ1) is 24.0. The number of phenols is 1. The fraction of sp³-hybridized carbons (Fsp3) is 0.276. The molecule has 0 aliphatic carbocycles. The highest BCUT2D eigenvalue weighted by atomic mass is 35.5. The number of likely N-dealkylation sites (tertiary alicyclic amines) is 1. The zero-order valence-corrected chi connectivity index (χ0v) is 21.1. The van der Waals surface area contributed by atoms with Gasteiger partial charge in [0.15, 0.2) is 0 Å². The number of benzene rings is 3. The summed E-state index contributed by atoms with van der Waals surface area (Å²) in [6.07, 6.45) is 2.00. The van der Waals surface area contributed by atoms with Crippen LogP contribution in [0.25, 0.3) is 21.2 Å². The molecule has 5 rings (SSSR count). The van der Waals surface area contributed by atoms with Crippen LogP contribution in [0.2, 0.25) is 5.02 Å². The largest absolute Gasteiger partial charge is 0.508 e. The Labute approximate surface area is 213 Å². The van der Waals surface area contributed by atoms with Crippen LogP contribution >= 0.6 is 22.9 Å². The van der Waals surface area contributed by atoms with E-state index in [1.807, 2.05) is 19.1 Å². The molecule has 1 saturated heterocycles. The van der Waals surface area contributed by atoms with Gasteiger partial charge in [0.05, 0.1) is 11.6 Å². The number of fused-ring (bicyclic) bond motifs is 1. The molecule has 1 N–H and O–H groups in total. The molecule has 0 radical (unpaired) electrons. The van der Waals surface area contributed by atoms with E-state index in [0.29, 0.717) is 15.5 Å². The Hall–Kier alpha value is -2.73. The van der Waals surface area contributed by atoms with Gasteiger partial charge in [-0.15, -0.1) is 11.3 Å². The first-order valence-electron chi connectivity index (χ1n) is 11.9. The number of phenolic OH excluding ortho intramolecular Hbond substituents is 1. The Balaban J connectivity index is 1.43. The number of halogens is 2. The number of aromatic hydroxyl groups is 1. The molecule has 4 aromatic rings. The first-order valence-corrected chi connectivity index (χ1v) is 13.1. The molecule has 180 valence electrons. The van der Waals surface area contributed by atoms with Crippen LogP contribution in [0.1, 0.15) is 32.8 Å². The van der Waals surface area contributed by atoms with Crippen LogP contribution in [-0.4, -0.2) is 42.1 Å². The average molecular weight is 508 g/mol. The maximum atomic E-state index is 13.7. The Morgan fingerprint density at radius 1 is 1.11 bits per heavy atom. The van der Waals surface area contributed by atoms with E-state index in [9.17, 15) is 14.3 Å². The number of thiophene rings is 1. The second-order valence-corrected chi connectivity index (χ2v) is 10.8. The van der Waals surface area contributed by atoms with E-state index in [2.05, 4.69) is 29.2 Å². The molecule has 0 saturated carbocycles. The van der Waals surface area contributed by atoms with Gasteiger partial charge in [0.2, 0.25) is 5.78 Å². The lowest BCUT2D eigenvalue weighted by molar-refractivity contribution is 0.0801. The quantitative estimate of drug-likeness (QED) is 0.254. The van der Waals surface area contributed by atoms with Gasteiger partial charge in [0.25, 0.3) is 0 Å². The summed E-state index contributed by atoms with van der Waals surface area (Å²) in [5, 5.41) is 11.5. The van der Waals surface area contributed by atoms with Crippen LogP contribution in [0.15, 0.2) is 60.7 Å².